The van der Waals surface area contributed by atoms with E-state index in [2.05, 4.69) is 10.2 Å². The number of rotatable bonds is 4. The minimum absolute atomic E-state index is 0.144. The Morgan fingerprint density at radius 3 is 2.42 bits per heavy atom. The van der Waals surface area contributed by atoms with Crippen LogP contribution in [0.4, 0.5) is 0 Å². The van der Waals surface area contributed by atoms with Gasteiger partial charge in [-0.3, -0.25) is 9.69 Å². The molecule has 4 nitrogen and oxygen atoms in total. The highest BCUT2D eigenvalue weighted by atomic mass is 16.3. The molecule has 1 saturated heterocycles. The summed E-state index contributed by atoms with van der Waals surface area (Å²) in [6, 6.07) is 0.575. The Morgan fingerprint density at radius 2 is 1.74 bits per heavy atom. The van der Waals surface area contributed by atoms with Crippen molar-refractivity contribution in [2.24, 2.45) is 0 Å². The van der Waals surface area contributed by atoms with Gasteiger partial charge in [-0.25, -0.2) is 0 Å². The molecule has 1 aliphatic carbocycles. The summed E-state index contributed by atoms with van der Waals surface area (Å²) in [4.78, 5) is 14.2. The van der Waals surface area contributed by atoms with Crippen LogP contribution in [0.5, 0.6) is 0 Å². The van der Waals surface area contributed by atoms with Crippen molar-refractivity contribution in [1.29, 1.82) is 0 Å². The first-order valence-corrected chi connectivity index (χ1v) is 7.94. The molecule has 0 bridgehead atoms. The number of likely N-dealkylation sites (tertiary alicyclic amines) is 1. The van der Waals surface area contributed by atoms with Crippen LogP contribution in [0.3, 0.4) is 0 Å². The SMILES string of the molecule is O=C(CN1CCC[C@H]1CO)NC1CCCCCCC1. The number of carbonyl (C=O) groups excluding carboxylic acids is 1. The molecule has 0 aromatic rings. The molecule has 4 heteroatoms. The molecule has 19 heavy (non-hydrogen) atoms. The van der Waals surface area contributed by atoms with E-state index in [1.807, 2.05) is 0 Å². The van der Waals surface area contributed by atoms with Crippen LogP contribution in [-0.2, 0) is 4.79 Å². The van der Waals surface area contributed by atoms with Crippen LogP contribution < -0.4 is 5.32 Å². The quantitative estimate of drug-likeness (QED) is 0.815. The first kappa shape index (κ1) is 14.8. The zero-order valence-corrected chi connectivity index (χ0v) is 11.9. The minimum Gasteiger partial charge on any atom is -0.395 e. The molecular formula is C15H28N2O2. The molecule has 0 aromatic carbocycles. The highest BCUT2D eigenvalue weighted by Gasteiger charge is 2.26. The third kappa shape index (κ3) is 4.77. The topological polar surface area (TPSA) is 52.6 Å². The summed E-state index contributed by atoms with van der Waals surface area (Å²) in [7, 11) is 0. The summed E-state index contributed by atoms with van der Waals surface area (Å²) in [6.07, 6.45) is 10.9. The lowest BCUT2D eigenvalue weighted by atomic mass is 9.97. The van der Waals surface area contributed by atoms with Crippen molar-refractivity contribution < 1.29 is 9.90 Å². The maximum atomic E-state index is 12.1. The van der Waals surface area contributed by atoms with E-state index in [1.165, 1.54) is 32.1 Å². The molecule has 0 radical (unpaired) electrons. The zero-order valence-electron chi connectivity index (χ0n) is 11.9. The molecular weight excluding hydrogens is 240 g/mol. The molecule has 0 unspecified atom stereocenters. The lowest BCUT2D eigenvalue weighted by Gasteiger charge is -2.25. The number of carbonyl (C=O) groups is 1. The van der Waals surface area contributed by atoms with Crippen LogP contribution in [0.1, 0.15) is 57.8 Å². The molecule has 0 aromatic heterocycles. The monoisotopic (exact) mass is 268 g/mol. The van der Waals surface area contributed by atoms with Gasteiger partial charge in [-0.1, -0.05) is 32.1 Å². The van der Waals surface area contributed by atoms with Crippen LogP contribution in [-0.4, -0.2) is 47.7 Å². The Morgan fingerprint density at radius 1 is 1.05 bits per heavy atom. The molecule has 2 N–H and O–H groups in total. The van der Waals surface area contributed by atoms with E-state index < -0.39 is 0 Å². The van der Waals surface area contributed by atoms with Gasteiger partial charge in [0, 0.05) is 12.1 Å². The number of nitrogens with one attached hydrogen (secondary N) is 1. The Hall–Kier alpha value is -0.610. The highest BCUT2D eigenvalue weighted by Crippen LogP contribution is 2.18. The van der Waals surface area contributed by atoms with E-state index in [9.17, 15) is 9.90 Å². The van der Waals surface area contributed by atoms with Gasteiger partial charge in [0.25, 0.3) is 0 Å². The Labute approximate surface area is 116 Å². The molecule has 1 atom stereocenters. The minimum atomic E-state index is 0.144. The van der Waals surface area contributed by atoms with Gasteiger partial charge in [0.1, 0.15) is 0 Å². The van der Waals surface area contributed by atoms with Gasteiger partial charge in [-0.2, -0.15) is 0 Å². The largest absolute Gasteiger partial charge is 0.395 e. The van der Waals surface area contributed by atoms with Gasteiger partial charge in [0.2, 0.25) is 5.91 Å². The number of aliphatic hydroxyl groups excluding tert-OH is 1. The normalized spacial score (nSPS) is 26.9. The smallest absolute Gasteiger partial charge is 0.234 e. The van der Waals surface area contributed by atoms with Crippen LogP contribution in [0, 0.1) is 0 Å². The van der Waals surface area contributed by atoms with Gasteiger partial charge in [0.05, 0.1) is 13.2 Å². The second kappa shape index (κ2) is 7.85. The van der Waals surface area contributed by atoms with Crippen molar-refractivity contribution in [2.45, 2.75) is 69.9 Å². The van der Waals surface area contributed by atoms with Gasteiger partial charge in [-0.15, -0.1) is 0 Å². The molecule has 2 fully saturated rings. The Bertz CT molecular complexity index is 275. The van der Waals surface area contributed by atoms with Crippen LogP contribution >= 0.6 is 0 Å². The summed E-state index contributed by atoms with van der Waals surface area (Å²) in [5.74, 6) is 0.144. The molecule has 1 heterocycles. The van der Waals surface area contributed by atoms with Crippen molar-refractivity contribution >= 4 is 5.91 Å². The first-order valence-electron chi connectivity index (χ1n) is 7.94. The van der Waals surface area contributed by atoms with E-state index in [1.54, 1.807) is 0 Å². The van der Waals surface area contributed by atoms with E-state index in [4.69, 9.17) is 0 Å². The molecule has 1 aliphatic heterocycles. The molecule has 2 rings (SSSR count). The number of hydrogen-bond donors (Lipinski definition) is 2. The maximum Gasteiger partial charge on any atom is 0.234 e. The van der Waals surface area contributed by atoms with E-state index in [-0.39, 0.29) is 18.6 Å². The van der Waals surface area contributed by atoms with Crippen LogP contribution in [0.15, 0.2) is 0 Å². The van der Waals surface area contributed by atoms with Gasteiger partial charge in [0.15, 0.2) is 0 Å². The van der Waals surface area contributed by atoms with Crippen LogP contribution in [0.2, 0.25) is 0 Å². The summed E-state index contributed by atoms with van der Waals surface area (Å²) in [6.45, 7) is 1.59. The second-order valence-corrected chi connectivity index (χ2v) is 6.06. The fourth-order valence-corrected chi connectivity index (χ4v) is 3.37. The Balaban J connectivity index is 1.73. The van der Waals surface area contributed by atoms with E-state index in [0.29, 0.717) is 12.6 Å². The predicted molar refractivity (Wildman–Crippen MR) is 75.9 cm³/mol. The third-order valence-electron chi connectivity index (χ3n) is 4.53. The fraction of sp³-hybridized carbons (Fsp3) is 0.933. The number of aliphatic hydroxyl groups is 1. The lowest BCUT2D eigenvalue weighted by molar-refractivity contribution is -0.123. The molecule has 110 valence electrons. The number of amides is 1. The number of nitrogens with zero attached hydrogens (tertiary/aromatic N) is 1. The van der Waals surface area contributed by atoms with E-state index in [0.717, 1.165) is 32.2 Å². The molecule has 1 amide bonds. The highest BCUT2D eigenvalue weighted by molar-refractivity contribution is 5.78. The van der Waals surface area contributed by atoms with Crippen molar-refractivity contribution in [3.8, 4) is 0 Å². The zero-order chi connectivity index (χ0) is 13.5. The van der Waals surface area contributed by atoms with Gasteiger partial charge < -0.3 is 10.4 Å². The Kier molecular flexibility index (Phi) is 6.11. The fourth-order valence-electron chi connectivity index (χ4n) is 3.37. The standard InChI is InChI=1S/C15H28N2O2/c18-12-14-9-6-10-17(14)11-15(19)16-13-7-4-2-1-3-5-8-13/h13-14,18H,1-12H2,(H,16,19)/t14-/m0/s1. The average Bonchev–Trinajstić information content (AvgIpc) is 2.79. The molecule has 1 saturated carbocycles. The average molecular weight is 268 g/mol. The summed E-state index contributed by atoms with van der Waals surface area (Å²) in [5, 5.41) is 12.5. The number of hydrogen-bond acceptors (Lipinski definition) is 3. The van der Waals surface area contributed by atoms with Crippen molar-refractivity contribution in [3.63, 3.8) is 0 Å². The summed E-state index contributed by atoms with van der Waals surface area (Å²) >= 11 is 0. The predicted octanol–water partition coefficient (Wildman–Crippen LogP) is 1.67. The van der Waals surface area contributed by atoms with Gasteiger partial charge in [-0.05, 0) is 32.2 Å². The van der Waals surface area contributed by atoms with Crippen LogP contribution in [0.25, 0.3) is 0 Å². The van der Waals surface area contributed by atoms with E-state index >= 15 is 0 Å². The van der Waals surface area contributed by atoms with Crippen molar-refractivity contribution in [2.75, 3.05) is 19.7 Å². The summed E-state index contributed by atoms with van der Waals surface area (Å²) in [5.41, 5.74) is 0. The summed E-state index contributed by atoms with van der Waals surface area (Å²) < 4.78 is 0. The lowest BCUT2D eigenvalue weighted by Crippen LogP contribution is -2.44. The third-order valence-corrected chi connectivity index (χ3v) is 4.53. The van der Waals surface area contributed by atoms with Gasteiger partial charge >= 0.3 is 0 Å². The van der Waals surface area contributed by atoms with Crippen molar-refractivity contribution in [1.82, 2.24) is 10.2 Å². The molecule has 0 spiro atoms. The van der Waals surface area contributed by atoms with Crippen molar-refractivity contribution in [3.05, 3.63) is 0 Å². The molecule has 2 aliphatic rings. The second-order valence-electron chi connectivity index (χ2n) is 6.06. The maximum absolute atomic E-state index is 12.1. The first-order chi connectivity index (χ1) is 9.29.